The average molecular weight is 463 g/mol. The SMILES string of the molecule is CCSN(SCC)C(=O)c1ccc(NS(C)(=O)=O)c(Oc2ccc(F)cc2F)c1. The van der Waals surface area contributed by atoms with E-state index in [0.29, 0.717) is 17.6 Å². The molecule has 2 aromatic carbocycles. The van der Waals surface area contributed by atoms with E-state index in [2.05, 4.69) is 4.72 Å². The molecule has 0 aliphatic rings. The zero-order valence-corrected chi connectivity index (χ0v) is 18.4. The predicted molar refractivity (Wildman–Crippen MR) is 114 cm³/mol. The maximum absolute atomic E-state index is 14.0. The fourth-order valence-corrected chi connectivity index (χ4v) is 4.61. The second-order valence-electron chi connectivity index (χ2n) is 5.66. The van der Waals surface area contributed by atoms with Crippen molar-refractivity contribution in [3.63, 3.8) is 0 Å². The second-order valence-corrected chi connectivity index (χ2v) is 10.0. The molecule has 0 aromatic heterocycles. The molecule has 6 nitrogen and oxygen atoms in total. The van der Waals surface area contributed by atoms with Crippen molar-refractivity contribution in [1.82, 2.24) is 3.71 Å². The Morgan fingerprint density at radius 3 is 2.28 bits per heavy atom. The Labute approximate surface area is 177 Å². The minimum Gasteiger partial charge on any atom is -0.452 e. The van der Waals surface area contributed by atoms with Gasteiger partial charge in [0.05, 0.1) is 11.9 Å². The van der Waals surface area contributed by atoms with E-state index in [0.717, 1.165) is 18.4 Å². The van der Waals surface area contributed by atoms with Gasteiger partial charge in [-0.05, 0) is 54.2 Å². The molecule has 0 spiro atoms. The summed E-state index contributed by atoms with van der Waals surface area (Å²) in [5.74, 6) is -1.11. The molecule has 0 aliphatic carbocycles. The van der Waals surface area contributed by atoms with Crippen molar-refractivity contribution in [3.05, 3.63) is 53.6 Å². The van der Waals surface area contributed by atoms with Gasteiger partial charge in [0.15, 0.2) is 17.3 Å². The van der Waals surface area contributed by atoms with Gasteiger partial charge in [0.1, 0.15) is 5.82 Å². The van der Waals surface area contributed by atoms with Crippen LogP contribution in [0.4, 0.5) is 14.5 Å². The van der Waals surface area contributed by atoms with Crippen molar-refractivity contribution in [3.8, 4) is 11.5 Å². The maximum Gasteiger partial charge on any atom is 0.274 e. The summed E-state index contributed by atoms with van der Waals surface area (Å²) < 4.78 is 59.7. The van der Waals surface area contributed by atoms with Crippen LogP contribution in [0, 0.1) is 11.6 Å². The van der Waals surface area contributed by atoms with E-state index >= 15 is 0 Å². The second kappa shape index (κ2) is 10.2. The molecule has 1 N–H and O–H groups in total. The van der Waals surface area contributed by atoms with Crippen molar-refractivity contribution in [1.29, 1.82) is 0 Å². The van der Waals surface area contributed by atoms with Crippen LogP contribution in [-0.2, 0) is 10.0 Å². The van der Waals surface area contributed by atoms with Gasteiger partial charge in [-0.1, -0.05) is 13.8 Å². The molecule has 11 heteroatoms. The van der Waals surface area contributed by atoms with Crippen LogP contribution in [0.15, 0.2) is 36.4 Å². The highest BCUT2D eigenvalue weighted by molar-refractivity contribution is 8.12. The van der Waals surface area contributed by atoms with Gasteiger partial charge in [0.2, 0.25) is 10.0 Å². The van der Waals surface area contributed by atoms with Crippen LogP contribution < -0.4 is 9.46 Å². The fourth-order valence-electron chi connectivity index (χ4n) is 2.19. The number of sulfonamides is 1. The van der Waals surface area contributed by atoms with Crippen LogP contribution in [0.2, 0.25) is 0 Å². The van der Waals surface area contributed by atoms with Crippen molar-refractivity contribution in [2.75, 3.05) is 22.5 Å². The fraction of sp³-hybridized carbons (Fsp3) is 0.278. The highest BCUT2D eigenvalue weighted by Crippen LogP contribution is 2.34. The summed E-state index contributed by atoms with van der Waals surface area (Å²) in [6, 6.07) is 6.85. The lowest BCUT2D eigenvalue weighted by Crippen LogP contribution is -2.18. The summed E-state index contributed by atoms with van der Waals surface area (Å²) in [7, 11) is -3.66. The van der Waals surface area contributed by atoms with Crippen LogP contribution in [0.1, 0.15) is 24.2 Å². The van der Waals surface area contributed by atoms with Crippen LogP contribution in [0.25, 0.3) is 0 Å². The van der Waals surface area contributed by atoms with Crippen molar-refractivity contribution >= 4 is 45.5 Å². The standard InChI is InChI=1S/C18H20F2N2O4S3/c1-4-27-22(28-5-2)18(23)12-6-8-15(21-29(3,24)25)17(10-12)26-16-9-7-13(19)11-14(16)20/h6-11,21H,4-5H2,1-3H3. The van der Waals surface area contributed by atoms with E-state index < -0.39 is 21.7 Å². The molecule has 0 unspecified atom stereocenters. The Kier molecular flexibility index (Phi) is 8.17. The number of carbonyl (C=O) groups is 1. The summed E-state index contributed by atoms with van der Waals surface area (Å²) in [5, 5.41) is 0. The Hall–Kier alpha value is -1.98. The van der Waals surface area contributed by atoms with E-state index in [-0.39, 0.29) is 28.7 Å². The summed E-state index contributed by atoms with van der Waals surface area (Å²) in [6.45, 7) is 3.82. The topological polar surface area (TPSA) is 75.7 Å². The third kappa shape index (κ3) is 6.79. The average Bonchev–Trinajstić information content (AvgIpc) is 2.63. The number of halogens is 2. The highest BCUT2D eigenvalue weighted by Gasteiger charge is 2.20. The van der Waals surface area contributed by atoms with E-state index in [1.165, 1.54) is 45.8 Å². The molecule has 0 heterocycles. The minimum atomic E-state index is -3.66. The quantitative estimate of drug-likeness (QED) is 0.534. The smallest absolute Gasteiger partial charge is 0.274 e. The minimum absolute atomic E-state index is 0.0191. The van der Waals surface area contributed by atoms with Crippen LogP contribution in [0.5, 0.6) is 11.5 Å². The van der Waals surface area contributed by atoms with Gasteiger partial charge in [-0.3, -0.25) is 9.52 Å². The van der Waals surface area contributed by atoms with Gasteiger partial charge >= 0.3 is 0 Å². The molecule has 0 atom stereocenters. The van der Waals surface area contributed by atoms with E-state index in [4.69, 9.17) is 4.74 Å². The molecule has 0 fully saturated rings. The number of hydrogen-bond donors (Lipinski definition) is 1. The van der Waals surface area contributed by atoms with Gasteiger partial charge in [-0.2, -0.15) is 0 Å². The molecule has 0 aliphatic heterocycles. The van der Waals surface area contributed by atoms with Gasteiger partial charge < -0.3 is 4.74 Å². The molecule has 1 amide bonds. The molecule has 0 bridgehead atoms. The van der Waals surface area contributed by atoms with Crippen molar-refractivity contribution in [2.24, 2.45) is 0 Å². The summed E-state index contributed by atoms with van der Waals surface area (Å²) in [6.07, 6.45) is 0.950. The number of nitrogens with zero attached hydrogens (tertiary/aromatic N) is 1. The van der Waals surface area contributed by atoms with E-state index in [1.807, 2.05) is 13.8 Å². The van der Waals surface area contributed by atoms with Gasteiger partial charge in [-0.25, -0.2) is 20.9 Å². The zero-order valence-electron chi connectivity index (χ0n) is 15.9. The third-order valence-electron chi connectivity index (χ3n) is 3.30. The molecule has 2 rings (SSSR count). The maximum atomic E-state index is 14.0. The first-order chi connectivity index (χ1) is 13.6. The first-order valence-corrected chi connectivity index (χ1v) is 12.3. The normalized spacial score (nSPS) is 11.2. The number of carbonyl (C=O) groups excluding carboxylic acids is 1. The Balaban J connectivity index is 2.46. The zero-order chi connectivity index (χ0) is 21.6. The summed E-state index contributed by atoms with van der Waals surface area (Å²) >= 11 is 2.65. The number of anilines is 1. The van der Waals surface area contributed by atoms with Gasteiger partial charge in [-0.15, -0.1) is 0 Å². The number of rotatable bonds is 9. The number of nitrogens with one attached hydrogen (secondary N) is 1. The van der Waals surface area contributed by atoms with Gasteiger partial charge in [0.25, 0.3) is 5.91 Å². The largest absolute Gasteiger partial charge is 0.452 e. The molecule has 0 radical (unpaired) electrons. The van der Waals surface area contributed by atoms with Crippen LogP contribution in [0.3, 0.4) is 0 Å². The van der Waals surface area contributed by atoms with E-state index in [9.17, 15) is 22.0 Å². The number of hydrogen-bond acceptors (Lipinski definition) is 6. The first-order valence-electron chi connectivity index (χ1n) is 8.49. The predicted octanol–water partition coefficient (Wildman–Crippen LogP) is 4.91. The lowest BCUT2D eigenvalue weighted by molar-refractivity contribution is 0.0933. The molecule has 0 saturated heterocycles. The number of ether oxygens (including phenoxy) is 1. The molecular weight excluding hydrogens is 442 g/mol. The molecular formula is C18H20F2N2O4S3. The lowest BCUT2D eigenvalue weighted by atomic mass is 10.2. The van der Waals surface area contributed by atoms with Crippen LogP contribution >= 0.6 is 23.9 Å². The Morgan fingerprint density at radius 2 is 1.72 bits per heavy atom. The number of amides is 1. The number of benzene rings is 2. The van der Waals surface area contributed by atoms with Gasteiger partial charge in [0, 0.05) is 23.1 Å². The molecule has 2 aromatic rings. The van der Waals surface area contributed by atoms with Crippen LogP contribution in [-0.4, -0.2) is 35.8 Å². The molecule has 29 heavy (non-hydrogen) atoms. The Morgan fingerprint density at radius 1 is 1.07 bits per heavy atom. The summed E-state index contributed by atoms with van der Waals surface area (Å²) in [5.41, 5.74) is 0.245. The first kappa shape index (κ1) is 23.3. The third-order valence-corrected chi connectivity index (χ3v) is 5.84. The van der Waals surface area contributed by atoms with Crippen molar-refractivity contribution in [2.45, 2.75) is 13.8 Å². The summed E-state index contributed by atoms with van der Waals surface area (Å²) in [4.78, 5) is 12.8. The molecule has 0 saturated carbocycles. The monoisotopic (exact) mass is 462 g/mol. The van der Waals surface area contributed by atoms with E-state index in [1.54, 1.807) is 0 Å². The Bertz CT molecular complexity index is 981. The molecule has 158 valence electrons. The highest BCUT2D eigenvalue weighted by atomic mass is 32.2. The van der Waals surface area contributed by atoms with Crippen molar-refractivity contribution < 1.29 is 26.7 Å². The lowest BCUT2D eigenvalue weighted by Gasteiger charge is -2.19.